The van der Waals surface area contributed by atoms with Crippen molar-refractivity contribution in [3.8, 4) is 0 Å². The highest BCUT2D eigenvalue weighted by molar-refractivity contribution is 7.10. The lowest BCUT2D eigenvalue weighted by atomic mass is 10.2. The highest BCUT2D eigenvalue weighted by Crippen LogP contribution is 2.15. The summed E-state index contributed by atoms with van der Waals surface area (Å²) in [7, 11) is 0. The summed E-state index contributed by atoms with van der Waals surface area (Å²) in [5, 5.41) is 7.36. The molecule has 0 aliphatic rings. The molecule has 1 atom stereocenters. The third-order valence-corrected chi connectivity index (χ3v) is 4.49. The number of primary amides is 1. The number of hydrogen-bond acceptors (Lipinski definition) is 4. The van der Waals surface area contributed by atoms with Crippen molar-refractivity contribution in [3.05, 3.63) is 44.3 Å². The van der Waals surface area contributed by atoms with Crippen molar-refractivity contribution in [1.29, 1.82) is 0 Å². The maximum Gasteiger partial charge on any atom is 0.249 e. The van der Waals surface area contributed by atoms with Gasteiger partial charge in [-0.05, 0) is 30.9 Å². The molecule has 0 aliphatic heterocycles. The van der Waals surface area contributed by atoms with Crippen molar-refractivity contribution < 1.29 is 4.79 Å². The van der Waals surface area contributed by atoms with Crippen LogP contribution in [-0.4, -0.2) is 11.9 Å². The van der Waals surface area contributed by atoms with Crippen LogP contribution in [0, 0.1) is 0 Å². The minimum atomic E-state index is -0.357. The molecule has 3 nitrogen and oxygen atoms in total. The topological polar surface area (TPSA) is 55.1 Å². The Kier molecular flexibility index (Phi) is 4.52. The van der Waals surface area contributed by atoms with Crippen molar-refractivity contribution in [2.45, 2.75) is 25.9 Å². The van der Waals surface area contributed by atoms with Gasteiger partial charge in [-0.1, -0.05) is 6.07 Å². The molecule has 2 rings (SSSR count). The molecule has 2 aromatic heterocycles. The molecule has 0 saturated heterocycles. The number of carbonyl (C=O) groups is 1. The van der Waals surface area contributed by atoms with Crippen LogP contribution in [0.3, 0.4) is 0 Å². The van der Waals surface area contributed by atoms with E-state index in [9.17, 15) is 4.79 Å². The molecule has 1 unspecified atom stereocenters. The Bertz CT molecular complexity index is 505. The van der Waals surface area contributed by atoms with Crippen LogP contribution in [0.4, 0.5) is 0 Å². The molecule has 5 heteroatoms. The quantitative estimate of drug-likeness (QED) is 0.854. The number of hydrogen-bond donors (Lipinski definition) is 2. The van der Waals surface area contributed by atoms with Crippen molar-refractivity contribution in [3.63, 3.8) is 0 Å². The SMILES string of the molecule is CC(Cc1cccs1)NCc1cc(C(N)=O)cs1. The molecule has 0 aliphatic carbocycles. The van der Waals surface area contributed by atoms with Crippen LogP contribution in [-0.2, 0) is 13.0 Å². The molecule has 0 bridgehead atoms. The standard InChI is InChI=1S/C13H16N2OS2/c1-9(5-11-3-2-4-17-11)15-7-12-6-10(8-18-12)13(14)16/h2-4,6,8-9,15H,5,7H2,1H3,(H2,14,16). The van der Waals surface area contributed by atoms with Gasteiger partial charge in [0.05, 0.1) is 5.56 Å². The summed E-state index contributed by atoms with van der Waals surface area (Å²) in [5.41, 5.74) is 5.82. The maximum absolute atomic E-state index is 11.0. The van der Waals surface area contributed by atoms with E-state index in [0.29, 0.717) is 11.6 Å². The second kappa shape index (κ2) is 6.13. The summed E-state index contributed by atoms with van der Waals surface area (Å²) in [6.45, 7) is 2.95. The zero-order valence-corrected chi connectivity index (χ0v) is 11.8. The van der Waals surface area contributed by atoms with Crippen LogP contribution in [0.15, 0.2) is 29.0 Å². The average Bonchev–Trinajstić information content (AvgIpc) is 2.96. The molecule has 2 aromatic rings. The molecular formula is C13H16N2OS2. The highest BCUT2D eigenvalue weighted by atomic mass is 32.1. The lowest BCUT2D eigenvalue weighted by Gasteiger charge is -2.11. The average molecular weight is 280 g/mol. The molecule has 0 spiro atoms. The van der Waals surface area contributed by atoms with Gasteiger partial charge < -0.3 is 11.1 Å². The van der Waals surface area contributed by atoms with E-state index in [2.05, 4.69) is 29.8 Å². The van der Waals surface area contributed by atoms with E-state index in [1.165, 1.54) is 4.88 Å². The Morgan fingerprint density at radius 2 is 2.28 bits per heavy atom. The molecule has 1 amide bonds. The summed E-state index contributed by atoms with van der Waals surface area (Å²) in [6, 6.07) is 6.50. The van der Waals surface area contributed by atoms with E-state index in [0.717, 1.165) is 17.8 Å². The summed E-state index contributed by atoms with van der Waals surface area (Å²) in [5.74, 6) is -0.357. The number of rotatable bonds is 6. The minimum absolute atomic E-state index is 0.357. The summed E-state index contributed by atoms with van der Waals surface area (Å²) in [4.78, 5) is 13.5. The number of thiophene rings is 2. The van der Waals surface area contributed by atoms with Gasteiger partial charge in [0, 0.05) is 27.7 Å². The van der Waals surface area contributed by atoms with Crippen molar-refractivity contribution in [2.75, 3.05) is 0 Å². The molecule has 0 fully saturated rings. The second-order valence-corrected chi connectivity index (χ2v) is 6.26. The van der Waals surface area contributed by atoms with Gasteiger partial charge in [-0.25, -0.2) is 0 Å². The van der Waals surface area contributed by atoms with Crippen LogP contribution < -0.4 is 11.1 Å². The first kappa shape index (κ1) is 13.3. The second-order valence-electron chi connectivity index (χ2n) is 4.23. The molecule has 3 N–H and O–H groups in total. The van der Waals surface area contributed by atoms with E-state index < -0.39 is 0 Å². The number of amides is 1. The molecule has 0 saturated carbocycles. The molecule has 0 radical (unpaired) electrons. The summed E-state index contributed by atoms with van der Waals surface area (Å²) in [6.07, 6.45) is 1.03. The molecule has 2 heterocycles. The van der Waals surface area contributed by atoms with Crippen LogP contribution in [0.2, 0.25) is 0 Å². The Morgan fingerprint density at radius 1 is 1.44 bits per heavy atom. The molecule has 96 valence electrons. The molecule has 18 heavy (non-hydrogen) atoms. The number of nitrogens with one attached hydrogen (secondary N) is 1. The molecule has 0 aromatic carbocycles. The van der Waals surface area contributed by atoms with Gasteiger partial charge in [-0.3, -0.25) is 4.79 Å². The van der Waals surface area contributed by atoms with Crippen molar-refractivity contribution in [1.82, 2.24) is 5.32 Å². The predicted octanol–water partition coefficient (Wildman–Crippen LogP) is 2.63. The fourth-order valence-corrected chi connectivity index (χ4v) is 3.34. The normalized spacial score (nSPS) is 12.5. The maximum atomic E-state index is 11.0. The fraction of sp³-hybridized carbons (Fsp3) is 0.308. The Hall–Kier alpha value is -1.17. The van der Waals surface area contributed by atoms with Crippen molar-refractivity contribution >= 4 is 28.6 Å². The Balaban J connectivity index is 1.81. The first-order valence-electron chi connectivity index (χ1n) is 5.78. The lowest BCUT2D eigenvalue weighted by molar-refractivity contribution is 0.100. The Labute approximate surface area is 115 Å². The monoisotopic (exact) mass is 280 g/mol. The van der Waals surface area contributed by atoms with Crippen LogP contribution in [0.5, 0.6) is 0 Å². The highest BCUT2D eigenvalue weighted by Gasteiger charge is 2.07. The molecular weight excluding hydrogens is 264 g/mol. The zero-order chi connectivity index (χ0) is 13.0. The third kappa shape index (κ3) is 3.66. The third-order valence-electron chi connectivity index (χ3n) is 2.65. The van der Waals surface area contributed by atoms with Gasteiger partial charge in [-0.15, -0.1) is 22.7 Å². The van der Waals surface area contributed by atoms with Crippen LogP contribution >= 0.6 is 22.7 Å². The Morgan fingerprint density at radius 3 is 2.89 bits per heavy atom. The largest absolute Gasteiger partial charge is 0.366 e. The number of nitrogens with two attached hydrogens (primary N) is 1. The first-order valence-corrected chi connectivity index (χ1v) is 7.54. The van der Waals surface area contributed by atoms with Crippen molar-refractivity contribution in [2.24, 2.45) is 5.73 Å². The van der Waals surface area contributed by atoms with E-state index >= 15 is 0 Å². The van der Waals surface area contributed by atoms with Gasteiger partial charge in [0.2, 0.25) is 5.91 Å². The zero-order valence-electron chi connectivity index (χ0n) is 10.2. The van der Waals surface area contributed by atoms with Crippen LogP contribution in [0.1, 0.15) is 27.0 Å². The fourth-order valence-electron chi connectivity index (χ4n) is 1.68. The first-order chi connectivity index (χ1) is 8.65. The number of carbonyl (C=O) groups excluding carboxylic acids is 1. The summed E-state index contributed by atoms with van der Waals surface area (Å²) >= 11 is 3.35. The van der Waals surface area contributed by atoms with Gasteiger partial charge in [-0.2, -0.15) is 0 Å². The van der Waals surface area contributed by atoms with E-state index in [-0.39, 0.29) is 5.91 Å². The van der Waals surface area contributed by atoms with E-state index in [4.69, 9.17) is 5.73 Å². The van der Waals surface area contributed by atoms with E-state index in [1.54, 1.807) is 22.7 Å². The van der Waals surface area contributed by atoms with Gasteiger partial charge in [0.25, 0.3) is 0 Å². The van der Waals surface area contributed by atoms with E-state index in [1.807, 2.05) is 11.4 Å². The summed E-state index contributed by atoms with van der Waals surface area (Å²) < 4.78 is 0. The smallest absolute Gasteiger partial charge is 0.249 e. The minimum Gasteiger partial charge on any atom is -0.366 e. The van der Waals surface area contributed by atoms with Gasteiger partial charge in [0.1, 0.15) is 0 Å². The van der Waals surface area contributed by atoms with Gasteiger partial charge >= 0.3 is 0 Å². The van der Waals surface area contributed by atoms with Crippen LogP contribution in [0.25, 0.3) is 0 Å². The predicted molar refractivity (Wildman–Crippen MR) is 77.2 cm³/mol. The van der Waals surface area contributed by atoms with Gasteiger partial charge in [0.15, 0.2) is 0 Å². The lowest BCUT2D eigenvalue weighted by Crippen LogP contribution is -2.26.